The van der Waals surface area contributed by atoms with Crippen LogP contribution < -0.4 is 0 Å². The fourth-order valence-corrected chi connectivity index (χ4v) is 3.75. The Morgan fingerprint density at radius 3 is 2.32 bits per heavy atom. The van der Waals surface area contributed by atoms with Crippen LogP contribution in [0.3, 0.4) is 0 Å². The summed E-state index contributed by atoms with van der Waals surface area (Å²) in [4.78, 5) is 11.3. The quantitative estimate of drug-likeness (QED) is 0.189. The average molecular weight is 521 g/mol. The van der Waals surface area contributed by atoms with Crippen molar-refractivity contribution in [1.82, 2.24) is 0 Å². The molecular weight excluding hydrogens is 493 g/mol. The maximum absolute atomic E-state index is 11.4. The molecule has 0 N–H and O–H groups in total. The number of aryl methyl sites for hydroxylation is 1. The minimum Gasteiger partial charge on any atom is -0.744 e. The Labute approximate surface area is 182 Å². The lowest BCUT2D eigenvalue weighted by molar-refractivity contribution is -0.925. The van der Waals surface area contributed by atoms with E-state index >= 15 is 0 Å². The standard InChI is InChI=1S/C13H21INO2.C7H8O3S/c1-2-17-13(16)7-12-15(11-6-8-14)9-4-3-5-10-15;1-6-2-4-7(5-3-6)11(8,9)10/h2-5,7,9-12H2,1H3;2-5H,1H3,(H,8,9,10)/q+1;/p-1. The highest BCUT2D eigenvalue weighted by molar-refractivity contribution is 14.1. The third kappa shape index (κ3) is 9.37. The Balaban J connectivity index is 0.000000307. The zero-order chi connectivity index (χ0) is 21.0. The van der Waals surface area contributed by atoms with Gasteiger partial charge in [-0.2, -0.15) is 0 Å². The summed E-state index contributed by atoms with van der Waals surface area (Å²) in [5, 5.41) is 0. The molecule has 1 saturated heterocycles. The fraction of sp³-hybridized carbons (Fsp3) is 0.550. The topological polar surface area (TPSA) is 83.5 Å². The summed E-state index contributed by atoms with van der Waals surface area (Å²) in [6, 6.07) is 5.78. The van der Waals surface area contributed by atoms with Gasteiger partial charge >= 0.3 is 5.97 Å². The van der Waals surface area contributed by atoms with Gasteiger partial charge in [0, 0.05) is 22.6 Å². The maximum Gasteiger partial charge on any atom is 0.311 e. The first-order valence-electron chi connectivity index (χ1n) is 9.34. The van der Waals surface area contributed by atoms with Gasteiger partial charge in [0.05, 0.1) is 37.6 Å². The van der Waals surface area contributed by atoms with Crippen molar-refractivity contribution >= 4 is 38.7 Å². The molecule has 6 nitrogen and oxygen atoms in total. The number of piperidine rings is 1. The van der Waals surface area contributed by atoms with Crippen molar-refractivity contribution in [2.24, 2.45) is 0 Å². The Morgan fingerprint density at radius 2 is 1.82 bits per heavy atom. The van der Waals surface area contributed by atoms with E-state index in [0.717, 1.165) is 36.2 Å². The molecule has 0 aromatic heterocycles. The average Bonchev–Trinajstić information content (AvgIpc) is 2.66. The number of hydrogen-bond donors (Lipinski definition) is 0. The molecule has 0 aliphatic carbocycles. The van der Waals surface area contributed by atoms with Crippen molar-refractivity contribution < 1.29 is 27.0 Å². The number of hydrogen-bond acceptors (Lipinski definition) is 5. The molecule has 1 aromatic carbocycles. The third-order valence-corrected chi connectivity index (χ3v) is 5.88. The maximum atomic E-state index is 11.4. The molecule has 0 saturated carbocycles. The van der Waals surface area contributed by atoms with Gasteiger partial charge in [0.2, 0.25) is 0 Å². The Kier molecular flexibility index (Phi) is 11.0. The number of halogens is 1. The second-order valence-electron chi connectivity index (χ2n) is 6.82. The van der Waals surface area contributed by atoms with E-state index in [9.17, 15) is 17.8 Å². The molecule has 1 aromatic rings. The van der Waals surface area contributed by atoms with Crippen LogP contribution in [0.15, 0.2) is 29.2 Å². The lowest BCUT2D eigenvalue weighted by Gasteiger charge is -2.39. The Bertz CT molecular complexity index is 775. The number of carbonyl (C=O) groups is 1. The number of nitrogens with zero attached hydrogens (tertiary/aromatic N) is 1. The van der Waals surface area contributed by atoms with E-state index in [1.54, 1.807) is 12.1 Å². The Hall–Kier alpha value is -1.15. The van der Waals surface area contributed by atoms with Crippen LogP contribution in [0.5, 0.6) is 0 Å². The van der Waals surface area contributed by atoms with Gasteiger partial charge < -0.3 is 13.8 Å². The van der Waals surface area contributed by atoms with E-state index < -0.39 is 10.1 Å². The summed E-state index contributed by atoms with van der Waals surface area (Å²) < 4.78 is 40.1. The van der Waals surface area contributed by atoms with E-state index in [2.05, 4.69) is 32.4 Å². The number of quaternary nitrogens is 1. The molecule has 156 valence electrons. The molecule has 28 heavy (non-hydrogen) atoms. The first-order valence-corrected chi connectivity index (χ1v) is 11.8. The van der Waals surface area contributed by atoms with Crippen LogP contribution in [-0.4, -0.2) is 56.2 Å². The summed E-state index contributed by atoms with van der Waals surface area (Å²) in [7, 11) is -4.27. The fourth-order valence-electron chi connectivity index (χ4n) is 3.11. The van der Waals surface area contributed by atoms with Crippen molar-refractivity contribution in [3.63, 3.8) is 0 Å². The van der Waals surface area contributed by atoms with Gasteiger partial charge in [0.1, 0.15) is 16.7 Å². The summed E-state index contributed by atoms with van der Waals surface area (Å²) >= 11 is 2.08. The highest BCUT2D eigenvalue weighted by Gasteiger charge is 2.29. The van der Waals surface area contributed by atoms with Crippen molar-refractivity contribution in [3.05, 3.63) is 29.8 Å². The number of benzene rings is 1. The minimum atomic E-state index is -4.27. The summed E-state index contributed by atoms with van der Waals surface area (Å²) in [6.45, 7) is 8.22. The van der Waals surface area contributed by atoms with Gasteiger partial charge in [0.25, 0.3) is 0 Å². The lowest BCUT2D eigenvalue weighted by atomic mass is 10.1. The van der Waals surface area contributed by atoms with E-state index in [-0.39, 0.29) is 10.9 Å². The molecule has 1 heterocycles. The van der Waals surface area contributed by atoms with E-state index in [0.29, 0.717) is 13.0 Å². The molecule has 1 aliphatic rings. The highest BCUT2D eigenvalue weighted by Crippen LogP contribution is 2.19. The summed E-state index contributed by atoms with van der Waals surface area (Å²) in [6.07, 6.45) is 4.35. The molecule has 0 atom stereocenters. The molecule has 0 spiro atoms. The summed E-state index contributed by atoms with van der Waals surface area (Å²) in [5.41, 5.74) is 0.928. The van der Waals surface area contributed by atoms with Gasteiger partial charge in [-0.25, -0.2) is 8.42 Å². The molecule has 1 fully saturated rings. The number of esters is 1. The van der Waals surface area contributed by atoms with E-state index in [4.69, 9.17) is 4.74 Å². The molecule has 0 amide bonds. The molecule has 1 aliphatic heterocycles. The number of rotatable bonds is 6. The normalized spacial score (nSPS) is 15.4. The van der Waals surface area contributed by atoms with Crippen LogP contribution >= 0.6 is 22.6 Å². The van der Waals surface area contributed by atoms with Crippen LogP contribution in [0.1, 0.15) is 38.2 Å². The predicted molar refractivity (Wildman–Crippen MR) is 116 cm³/mol. The molecular formula is C20H28INO5S. The lowest BCUT2D eigenvalue weighted by Crippen LogP contribution is -2.52. The van der Waals surface area contributed by atoms with Crippen molar-refractivity contribution in [2.45, 2.75) is 44.4 Å². The van der Waals surface area contributed by atoms with Crippen molar-refractivity contribution in [3.8, 4) is 9.85 Å². The summed E-state index contributed by atoms with van der Waals surface area (Å²) in [5.74, 6) is 3.10. The third-order valence-electron chi connectivity index (χ3n) is 4.65. The molecule has 2 rings (SSSR count). The smallest absolute Gasteiger partial charge is 0.311 e. The number of carbonyl (C=O) groups excluding carboxylic acids is 1. The van der Waals surface area contributed by atoms with Crippen molar-refractivity contribution in [2.75, 3.05) is 32.8 Å². The molecule has 0 unspecified atom stereocenters. The van der Waals surface area contributed by atoms with Crippen LogP contribution in [0.4, 0.5) is 0 Å². The van der Waals surface area contributed by atoms with Crippen LogP contribution in [0.25, 0.3) is 0 Å². The first kappa shape index (κ1) is 24.9. The SMILES string of the molecule is CCOC(=O)CC[N+]1(CC#CI)CCCCC1.Cc1ccc(S(=O)(=O)[O-])cc1. The zero-order valence-electron chi connectivity index (χ0n) is 16.4. The number of likely N-dealkylation sites (tertiary alicyclic amines) is 1. The second-order valence-corrected chi connectivity index (χ2v) is 8.74. The molecule has 0 radical (unpaired) electrons. The second kappa shape index (κ2) is 12.4. The van der Waals surface area contributed by atoms with Crippen LogP contribution in [0, 0.1) is 16.8 Å². The number of ether oxygens (including phenoxy) is 1. The highest BCUT2D eigenvalue weighted by atomic mass is 127. The monoisotopic (exact) mass is 521 g/mol. The Morgan fingerprint density at radius 1 is 1.21 bits per heavy atom. The molecule has 0 bridgehead atoms. The predicted octanol–water partition coefficient (Wildman–Crippen LogP) is 3.24. The van der Waals surface area contributed by atoms with E-state index in [1.807, 2.05) is 13.8 Å². The van der Waals surface area contributed by atoms with Gasteiger partial charge in [-0.1, -0.05) is 17.7 Å². The first-order chi connectivity index (χ1) is 13.2. The van der Waals surface area contributed by atoms with Crippen LogP contribution in [-0.2, 0) is 19.6 Å². The van der Waals surface area contributed by atoms with Gasteiger partial charge in [-0.3, -0.25) is 4.79 Å². The minimum absolute atomic E-state index is 0.0713. The van der Waals surface area contributed by atoms with E-state index in [1.165, 1.54) is 31.4 Å². The largest absolute Gasteiger partial charge is 0.744 e. The van der Waals surface area contributed by atoms with Gasteiger partial charge in [-0.05, 0) is 55.1 Å². The zero-order valence-corrected chi connectivity index (χ0v) is 19.4. The molecule has 8 heteroatoms. The van der Waals surface area contributed by atoms with Crippen LogP contribution in [0.2, 0.25) is 0 Å². The van der Waals surface area contributed by atoms with Gasteiger partial charge in [-0.15, -0.1) is 0 Å². The van der Waals surface area contributed by atoms with Crippen molar-refractivity contribution in [1.29, 1.82) is 0 Å². The van der Waals surface area contributed by atoms with Gasteiger partial charge in [0.15, 0.2) is 0 Å².